The number of unbranched alkanes of at least 4 members (excludes halogenated alkanes) is 2. The number of benzene rings is 2. The fourth-order valence-electron chi connectivity index (χ4n) is 3.47. The van der Waals surface area contributed by atoms with Crippen molar-refractivity contribution in [3.05, 3.63) is 57.0 Å². The molecule has 1 saturated heterocycles. The summed E-state index contributed by atoms with van der Waals surface area (Å²) in [4.78, 5) is 37.3. The van der Waals surface area contributed by atoms with E-state index in [1.165, 1.54) is 11.8 Å². The summed E-state index contributed by atoms with van der Waals surface area (Å²) < 4.78 is 11.0. The van der Waals surface area contributed by atoms with Gasteiger partial charge in [0.25, 0.3) is 11.6 Å². The molecule has 0 spiro atoms. The molecule has 10 nitrogen and oxygen atoms in total. The number of anilines is 1. The summed E-state index contributed by atoms with van der Waals surface area (Å²) in [6.45, 7) is 0.432. The van der Waals surface area contributed by atoms with Gasteiger partial charge >= 0.3 is 0 Å². The first-order chi connectivity index (χ1) is 17.2. The third-order valence-corrected chi connectivity index (χ3v) is 6.71. The highest BCUT2D eigenvalue weighted by atomic mass is 32.2. The third kappa shape index (κ3) is 6.73. The molecule has 3 rings (SSSR count). The number of carbonyl (C=O) groups excluding carboxylic acids is 2. The van der Waals surface area contributed by atoms with Gasteiger partial charge in [-0.1, -0.05) is 36.5 Å². The van der Waals surface area contributed by atoms with E-state index in [0.717, 1.165) is 23.8 Å². The number of ether oxygens (including phenoxy) is 2. The predicted molar refractivity (Wildman–Crippen MR) is 141 cm³/mol. The zero-order chi connectivity index (χ0) is 26.2. The zero-order valence-electron chi connectivity index (χ0n) is 19.7. The predicted octanol–water partition coefficient (Wildman–Crippen LogP) is 4.72. The number of nitrogens with zero attached hydrogens (tertiary/aromatic N) is 2. The highest BCUT2D eigenvalue weighted by molar-refractivity contribution is 8.26. The van der Waals surface area contributed by atoms with Crippen molar-refractivity contribution in [2.45, 2.75) is 25.7 Å². The molecule has 0 atom stereocenters. The summed E-state index contributed by atoms with van der Waals surface area (Å²) >= 11 is 6.61. The average molecular weight is 532 g/mol. The van der Waals surface area contributed by atoms with E-state index in [0.29, 0.717) is 46.5 Å². The van der Waals surface area contributed by atoms with Crippen molar-refractivity contribution in [2.24, 2.45) is 0 Å². The number of thiocarbonyl (C=S) groups is 1. The SMILES string of the molecule is COc1ccc(C=C2SC(=S)N(CCCCCC(=O)Nc3cc([N+](=O)[O-])ccc3O)C2=O)cc1OC. The molecule has 1 heterocycles. The maximum atomic E-state index is 12.8. The van der Waals surface area contributed by atoms with Crippen LogP contribution in [0.4, 0.5) is 11.4 Å². The van der Waals surface area contributed by atoms with Gasteiger partial charge in [-0.25, -0.2) is 0 Å². The molecule has 0 aromatic heterocycles. The van der Waals surface area contributed by atoms with E-state index in [-0.39, 0.29) is 35.4 Å². The van der Waals surface area contributed by atoms with Crippen LogP contribution in [0.15, 0.2) is 41.3 Å². The fourth-order valence-corrected chi connectivity index (χ4v) is 4.78. The molecule has 2 amide bonds. The Kier molecular flexibility index (Phi) is 9.25. The van der Waals surface area contributed by atoms with Crippen LogP contribution in [0, 0.1) is 10.1 Å². The molecule has 1 aliphatic rings. The summed E-state index contributed by atoms with van der Waals surface area (Å²) in [6, 6.07) is 8.80. The van der Waals surface area contributed by atoms with Crippen LogP contribution in [-0.4, -0.2) is 51.8 Å². The molecule has 0 saturated carbocycles. The number of thioether (sulfide) groups is 1. The molecule has 1 aliphatic heterocycles. The van der Waals surface area contributed by atoms with Crippen LogP contribution < -0.4 is 14.8 Å². The van der Waals surface area contributed by atoms with Crippen LogP contribution in [-0.2, 0) is 9.59 Å². The minimum absolute atomic E-state index is 0.00645. The minimum Gasteiger partial charge on any atom is -0.506 e. The lowest BCUT2D eigenvalue weighted by molar-refractivity contribution is -0.384. The second kappa shape index (κ2) is 12.4. The van der Waals surface area contributed by atoms with Crippen molar-refractivity contribution >= 4 is 57.6 Å². The number of nitro benzene ring substituents is 1. The van der Waals surface area contributed by atoms with Gasteiger partial charge in [0.2, 0.25) is 5.91 Å². The molecule has 0 unspecified atom stereocenters. The van der Waals surface area contributed by atoms with Gasteiger partial charge in [-0.15, -0.1) is 0 Å². The van der Waals surface area contributed by atoms with Gasteiger partial charge < -0.3 is 19.9 Å². The number of aromatic hydroxyl groups is 1. The molecule has 2 aromatic rings. The largest absolute Gasteiger partial charge is 0.506 e. The first kappa shape index (κ1) is 27.0. The van der Waals surface area contributed by atoms with Gasteiger partial charge in [-0.05, 0) is 42.7 Å². The van der Waals surface area contributed by atoms with Crippen molar-refractivity contribution in [1.29, 1.82) is 0 Å². The van der Waals surface area contributed by atoms with Gasteiger partial charge in [0, 0.05) is 25.1 Å². The fraction of sp³-hybridized carbons (Fsp3) is 0.292. The number of nitrogens with one attached hydrogen (secondary N) is 1. The zero-order valence-corrected chi connectivity index (χ0v) is 21.3. The van der Waals surface area contributed by atoms with Crippen molar-refractivity contribution < 1.29 is 29.1 Å². The monoisotopic (exact) mass is 531 g/mol. The molecule has 0 bridgehead atoms. The van der Waals surface area contributed by atoms with Gasteiger partial charge in [0.1, 0.15) is 10.1 Å². The number of hydrogen-bond acceptors (Lipinski definition) is 9. The first-order valence-corrected chi connectivity index (χ1v) is 12.2. The molecular weight excluding hydrogens is 506 g/mol. The lowest BCUT2D eigenvalue weighted by atomic mass is 10.1. The number of methoxy groups -OCH3 is 2. The number of non-ortho nitro benzene ring substituents is 1. The number of nitro groups is 1. The van der Waals surface area contributed by atoms with Gasteiger partial charge in [-0.2, -0.15) is 0 Å². The molecule has 2 N–H and O–H groups in total. The smallest absolute Gasteiger partial charge is 0.271 e. The second-order valence-electron chi connectivity index (χ2n) is 7.77. The van der Waals surface area contributed by atoms with Gasteiger partial charge in [0.05, 0.1) is 29.7 Å². The van der Waals surface area contributed by atoms with E-state index in [1.54, 1.807) is 37.3 Å². The highest BCUT2D eigenvalue weighted by Gasteiger charge is 2.31. The van der Waals surface area contributed by atoms with E-state index < -0.39 is 4.92 Å². The van der Waals surface area contributed by atoms with Gasteiger partial charge in [0.15, 0.2) is 11.5 Å². The summed E-state index contributed by atoms with van der Waals surface area (Å²) in [7, 11) is 3.10. The lowest BCUT2D eigenvalue weighted by Crippen LogP contribution is -2.29. The maximum absolute atomic E-state index is 12.8. The lowest BCUT2D eigenvalue weighted by Gasteiger charge is -2.14. The number of amides is 2. The molecule has 2 aromatic carbocycles. The van der Waals surface area contributed by atoms with Crippen LogP contribution in [0.1, 0.15) is 31.2 Å². The van der Waals surface area contributed by atoms with Crippen LogP contribution >= 0.6 is 24.0 Å². The Morgan fingerprint density at radius 1 is 1.17 bits per heavy atom. The van der Waals surface area contributed by atoms with Crippen LogP contribution in [0.25, 0.3) is 6.08 Å². The van der Waals surface area contributed by atoms with Crippen molar-refractivity contribution in [3.63, 3.8) is 0 Å². The van der Waals surface area contributed by atoms with E-state index in [1.807, 2.05) is 6.07 Å². The number of carbonyl (C=O) groups is 2. The summed E-state index contributed by atoms with van der Waals surface area (Å²) in [6.07, 6.45) is 3.78. The number of phenolic OH excluding ortho intramolecular Hbond substituents is 1. The van der Waals surface area contributed by atoms with E-state index in [4.69, 9.17) is 21.7 Å². The second-order valence-corrected chi connectivity index (χ2v) is 9.44. The molecule has 0 aliphatic carbocycles. The van der Waals surface area contributed by atoms with Gasteiger partial charge in [-0.3, -0.25) is 24.6 Å². The summed E-state index contributed by atoms with van der Waals surface area (Å²) in [5.74, 6) is 0.376. The third-order valence-electron chi connectivity index (χ3n) is 5.33. The Bertz CT molecular complexity index is 1220. The molecule has 190 valence electrons. The normalized spacial score (nSPS) is 14.3. The summed E-state index contributed by atoms with van der Waals surface area (Å²) in [5.41, 5.74) is 0.550. The van der Waals surface area contributed by atoms with E-state index >= 15 is 0 Å². The number of phenols is 1. The Balaban J connectivity index is 1.47. The molecule has 0 radical (unpaired) electrons. The molecular formula is C24H25N3O7S2. The van der Waals surface area contributed by atoms with E-state index in [9.17, 15) is 24.8 Å². The quantitative estimate of drug-likeness (QED) is 0.106. The Hall–Kier alpha value is -3.64. The number of rotatable bonds is 11. The molecule has 36 heavy (non-hydrogen) atoms. The van der Waals surface area contributed by atoms with Crippen LogP contribution in [0.3, 0.4) is 0 Å². The van der Waals surface area contributed by atoms with Crippen molar-refractivity contribution in [2.75, 3.05) is 26.1 Å². The summed E-state index contributed by atoms with van der Waals surface area (Å²) in [5, 5.41) is 23.2. The topological polar surface area (TPSA) is 131 Å². The molecule has 12 heteroatoms. The van der Waals surface area contributed by atoms with Crippen LogP contribution in [0.2, 0.25) is 0 Å². The average Bonchev–Trinajstić information content (AvgIpc) is 3.12. The van der Waals surface area contributed by atoms with Crippen molar-refractivity contribution in [1.82, 2.24) is 4.90 Å². The maximum Gasteiger partial charge on any atom is 0.271 e. The first-order valence-electron chi connectivity index (χ1n) is 11.0. The van der Waals surface area contributed by atoms with Crippen molar-refractivity contribution in [3.8, 4) is 17.2 Å². The van der Waals surface area contributed by atoms with Crippen LogP contribution in [0.5, 0.6) is 17.2 Å². The Labute approximate surface area is 217 Å². The minimum atomic E-state index is -0.605. The molecule has 1 fully saturated rings. The number of hydrogen-bond donors (Lipinski definition) is 2. The standard InChI is InChI=1S/C24H25N3O7S2/c1-33-19-10-7-15(12-20(19)34-2)13-21-23(30)26(24(35)36-21)11-5-3-4-6-22(29)25-17-14-16(27(31)32)8-9-18(17)28/h7-10,12-14,28H,3-6,11H2,1-2H3,(H,25,29). The Morgan fingerprint density at radius 2 is 1.92 bits per heavy atom. The highest BCUT2D eigenvalue weighted by Crippen LogP contribution is 2.35. The van der Waals surface area contributed by atoms with E-state index in [2.05, 4.69) is 5.32 Å². The Morgan fingerprint density at radius 3 is 2.61 bits per heavy atom.